The number of hydrogen-bond donors (Lipinski definition) is 3. The second kappa shape index (κ2) is 9.09. The molecule has 3 aromatic carbocycles. The van der Waals surface area contributed by atoms with Crippen molar-refractivity contribution >= 4 is 40.1 Å². The fourth-order valence-electron chi connectivity index (χ4n) is 4.30. The van der Waals surface area contributed by atoms with E-state index in [0.717, 1.165) is 5.56 Å². The summed E-state index contributed by atoms with van der Waals surface area (Å²) >= 11 is 0. The SMILES string of the molecule is CN(C(=O)C(C)(C)N)c1ccc(N/C(=C2\C(=O)Nc3cc(C#N)ccc32)c2ccc3c(c2)OOC3)cc1. The van der Waals surface area contributed by atoms with Crippen molar-refractivity contribution in [2.45, 2.75) is 26.0 Å². The molecule has 2 heterocycles. The van der Waals surface area contributed by atoms with E-state index in [1.807, 2.05) is 30.3 Å². The van der Waals surface area contributed by atoms with Crippen LogP contribution in [0, 0.1) is 11.3 Å². The largest absolute Gasteiger partial charge is 0.354 e. The molecule has 0 aliphatic carbocycles. The van der Waals surface area contributed by atoms with Gasteiger partial charge in [-0.1, -0.05) is 18.2 Å². The van der Waals surface area contributed by atoms with E-state index in [1.54, 1.807) is 51.2 Å². The van der Waals surface area contributed by atoms with E-state index in [2.05, 4.69) is 16.7 Å². The predicted molar refractivity (Wildman–Crippen MR) is 140 cm³/mol. The van der Waals surface area contributed by atoms with Gasteiger partial charge in [0.2, 0.25) is 5.91 Å². The Morgan fingerprint density at radius 2 is 1.89 bits per heavy atom. The minimum atomic E-state index is -1.00. The van der Waals surface area contributed by atoms with E-state index in [4.69, 9.17) is 15.5 Å². The molecule has 0 unspecified atom stereocenters. The average Bonchev–Trinajstić information content (AvgIpc) is 3.48. The normalized spacial score (nSPS) is 15.2. The third-order valence-corrected chi connectivity index (χ3v) is 6.24. The standard InChI is InChI=1S/C28H25N5O4/c1-28(2,30)27(35)33(3)20-9-7-19(8-10-20)31-25(17-5-6-18-15-36-37-23(18)13-17)24-21-11-4-16(14-29)12-22(21)32-26(24)34/h4-13,31H,15,30H2,1-3H3,(H,32,34)/b25-24-. The number of carbonyl (C=O) groups is 2. The van der Waals surface area contributed by atoms with Crippen molar-refractivity contribution in [3.63, 3.8) is 0 Å². The maximum Gasteiger partial charge on any atom is 0.258 e. The predicted octanol–water partition coefficient (Wildman–Crippen LogP) is 4.01. The van der Waals surface area contributed by atoms with Crippen LogP contribution in [0.1, 0.15) is 36.1 Å². The molecule has 0 atom stereocenters. The van der Waals surface area contributed by atoms with Gasteiger partial charge in [-0.3, -0.25) is 9.59 Å². The molecule has 37 heavy (non-hydrogen) atoms. The van der Waals surface area contributed by atoms with Crippen molar-refractivity contribution in [2.75, 3.05) is 22.6 Å². The number of nitrogens with zero attached hydrogens (tertiary/aromatic N) is 2. The van der Waals surface area contributed by atoms with E-state index in [9.17, 15) is 14.9 Å². The van der Waals surface area contributed by atoms with Crippen LogP contribution in [0.5, 0.6) is 5.75 Å². The first kappa shape index (κ1) is 24.1. The maximum atomic E-state index is 13.2. The van der Waals surface area contributed by atoms with E-state index >= 15 is 0 Å². The number of nitriles is 1. The number of nitrogens with one attached hydrogen (secondary N) is 2. The number of likely N-dealkylation sites (N-methyl/N-ethyl adjacent to an activating group) is 1. The Balaban J connectivity index is 1.57. The van der Waals surface area contributed by atoms with Crippen LogP contribution in [0.25, 0.3) is 11.3 Å². The molecule has 0 saturated carbocycles. The Labute approximate surface area is 214 Å². The number of hydrogen-bond acceptors (Lipinski definition) is 7. The molecule has 2 aliphatic rings. The molecule has 5 rings (SSSR count). The molecule has 2 amide bonds. The van der Waals surface area contributed by atoms with Gasteiger partial charge in [0.05, 0.1) is 34.1 Å². The highest BCUT2D eigenvalue weighted by atomic mass is 17.2. The van der Waals surface area contributed by atoms with Crippen LogP contribution in [0.4, 0.5) is 17.1 Å². The highest BCUT2D eigenvalue weighted by Gasteiger charge is 2.30. The summed E-state index contributed by atoms with van der Waals surface area (Å²) in [5.74, 6) is 0.0699. The molecule has 0 spiro atoms. The summed E-state index contributed by atoms with van der Waals surface area (Å²) in [7, 11) is 1.68. The molecule has 2 aliphatic heterocycles. The quantitative estimate of drug-likeness (QED) is 0.360. The maximum absolute atomic E-state index is 13.2. The Morgan fingerprint density at radius 1 is 1.14 bits per heavy atom. The fraction of sp³-hybridized carbons (Fsp3) is 0.179. The summed E-state index contributed by atoms with van der Waals surface area (Å²) in [6.45, 7) is 3.67. The number of amides is 2. The first-order chi connectivity index (χ1) is 17.7. The molecule has 0 bridgehead atoms. The molecule has 9 nitrogen and oxygen atoms in total. The highest BCUT2D eigenvalue weighted by Crippen LogP contribution is 2.39. The third kappa shape index (κ3) is 4.51. The molecule has 0 fully saturated rings. The van der Waals surface area contributed by atoms with Gasteiger partial charge in [-0.05, 0) is 56.3 Å². The number of nitrogens with two attached hydrogens (primary N) is 1. The monoisotopic (exact) mass is 495 g/mol. The van der Waals surface area contributed by atoms with Gasteiger partial charge in [0.15, 0.2) is 5.75 Å². The van der Waals surface area contributed by atoms with Crippen LogP contribution < -0.4 is 26.2 Å². The van der Waals surface area contributed by atoms with Gasteiger partial charge in [-0.25, -0.2) is 0 Å². The van der Waals surface area contributed by atoms with E-state index in [1.165, 1.54) is 4.90 Å². The zero-order valence-electron chi connectivity index (χ0n) is 20.6. The van der Waals surface area contributed by atoms with Crippen molar-refractivity contribution in [3.8, 4) is 11.8 Å². The van der Waals surface area contributed by atoms with Crippen LogP contribution >= 0.6 is 0 Å². The topological polar surface area (TPSA) is 130 Å². The molecule has 3 aromatic rings. The van der Waals surface area contributed by atoms with Gasteiger partial charge in [-0.15, -0.1) is 0 Å². The molecule has 0 aromatic heterocycles. The summed E-state index contributed by atoms with van der Waals surface area (Å²) in [6.07, 6.45) is 0. The molecule has 186 valence electrons. The Morgan fingerprint density at radius 3 is 2.59 bits per heavy atom. The van der Waals surface area contributed by atoms with E-state index in [-0.39, 0.29) is 11.8 Å². The van der Waals surface area contributed by atoms with Gasteiger partial charge in [0, 0.05) is 35.1 Å². The number of anilines is 3. The lowest BCUT2D eigenvalue weighted by atomic mass is 9.98. The van der Waals surface area contributed by atoms with Crippen molar-refractivity contribution in [1.82, 2.24) is 0 Å². The van der Waals surface area contributed by atoms with Gasteiger partial charge >= 0.3 is 0 Å². The molecule has 9 heteroatoms. The first-order valence-corrected chi connectivity index (χ1v) is 11.6. The van der Waals surface area contributed by atoms with E-state index < -0.39 is 5.54 Å². The van der Waals surface area contributed by atoms with Crippen LogP contribution in [-0.2, 0) is 21.1 Å². The summed E-state index contributed by atoms with van der Waals surface area (Å²) in [4.78, 5) is 37.6. The lowest BCUT2D eigenvalue weighted by Crippen LogP contribution is -2.49. The lowest BCUT2D eigenvalue weighted by molar-refractivity contribution is -0.194. The molecule has 0 saturated heterocycles. The fourth-order valence-corrected chi connectivity index (χ4v) is 4.30. The third-order valence-electron chi connectivity index (χ3n) is 6.24. The first-order valence-electron chi connectivity index (χ1n) is 11.6. The zero-order chi connectivity index (χ0) is 26.3. The zero-order valence-corrected chi connectivity index (χ0v) is 20.6. The van der Waals surface area contributed by atoms with Gasteiger partial charge in [0.1, 0.15) is 6.61 Å². The summed E-state index contributed by atoms with van der Waals surface area (Å²) in [6, 6.07) is 20.0. The Bertz CT molecular complexity index is 1500. The van der Waals surface area contributed by atoms with Crippen molar-refractivity contribution < 1.29 is 19.4 Å². The van der Waals surface area contributed by atoms with Crippen LogP contribution in [0.2, 0.25) is 0 Å². The van der Waals surface area contributed by atoms with Gasteiger partial charge in [0.25, 0.3) is 5.91 Å². The van der Waals surface area contributed by atoms with Crippen molar-refractivity contribution in [2.24, 2.45) is 5.73 Å². The average molecular weight is 496 g/mol. The number of rotatable bonds is 5. The molecule has 0 radical (unpaired) electrons. The van der Waals surface area contributed by atoms with Crippen LogP contribution in [0.15, 0.2) is 60.7 Å². The lowest BCUT2D eigenvalue weighted by Gasteiger charge is -2.26. The summed E-state index contributed by atoms with van der Waals surface area (Å²) in [5, 5.41) is 15.5. The van der Waals surface area contributed by atoms with Crippen LogP contribution in [0.3, 0.4) is 0 Å². The molecular formula is C28H25N5O4. The van der Waals surface area contributed by atoms with Gasteiger partial charge < -0.3 is 26.2 Å². The number of fused-ring (bicyclic) bond motifs is 2. The van der Waals surface area contributed by atoms with Crippen LogP contribution in [-0.4, -0.2) is 24.4 Å². The minimum absolute atomic E-state index is 0.215. The smallest absolute Gasteiger partial charge is 0.258 e. The summed E-state index contributed by atoms with van der Waals surface area (Å²) in [5.41, 5.74) is 10.7. The molecule has 4 N–H and O–H groups in total. The second-order valence-electron chi connectivity index (χ2n) is 9.50. The molecular weight excluding hydrogens is 470 g/mol. The number of carbonyl (C=O) groups excluding carboxylic acids is 2. The highest BCUT2D eigenvalue weighted by molar-refractivity contribution is 6.37. The Hall–Kier alpha value is -4.65. The minimum Gasteiger partial charge on any atom is -0.354 e. The Kier molecular flexibility index (Phi) is 5.91. The van der Waals surface area contributed by atoms with Crippen molar-refractivity contribution in [3.05, 3.63) is 82.9 Å². The van der Waals surface area contributed by atoms with E-state index in [0.29, 0.717) is 57.4 Å². The second-order valence-corrected chi connectivity index (χ2v) is 9.50. The number of benzene rings is 3. The summed E-state index contributed by atoms with van der Waals surface area (Å²) < 4.78 is 0. The van der Waals surface area contributed by atoms with Gasteiger partial charge in [-0.2, -0.15) is 10.1 Å². The van der Waals surface area contributed by atoms with Crippen molar-refractivity contribution in [1.29, 1.82) is 5.26 Å².